The minimum Gasteiger partial charge on any atom is -0.394 e. The molecule has 0 saturated carbocycles. The third kappa shape index (κ3) is 2.55. The normalized spacial score (nSPS) is 26.6. The Morgan fingerprint density at radius 3 is 2.84 bits per heavy atom. The maximum absolute atomic E-state index is 11.8. The van der Waals surface area contributed by atoms with Crippen LogP contribution in [0, 0.1) is 0 Å². The van der Waals surface area contributed by atoms with Gasteiger partial charge in [-0.25, -0.2) is 4.79 Å². The maximum Gasteiger partial charge on any atom is 0.351 e. The monoisotopic (exact) mass is 270 g/mol. The molecule has 0 amide bonds. The van der Waals surface area contributed by atoms with Crippen molar-refractivity contribution < 1.29 is 14.9 Å². The number of aromatic nitrogens is 2. The first-order valence-corrected chi connectivity index (χ1v) is 5.94. The minimum atomic E-state index is -0.803. The predicted molar refractivity (Wildman–Crippen MR) is 68.9 cm³/mol. The number of aliphatic hydroxyl groups is 2. The lowest BCUT2D eigenvalue weighted by molar-refractivity contribution is -0.0458. The van der Waals surface area contributed by atoms with Crippen LogP contribution in [0.25, 0.3) is 0 Å². The lowest BCUT2D eigenvalue weighted by Gasteiger charge is -2.19. The molecule has 1 aromatic rings. The van der Waals surface area contributed by atoms with E-state index < -0.39 is 24.1 Å². The molecule has 1 fully saturated rings. The number of rotatable bonds is 3. The van der Waals surface area contributed by atoms with Crippen molar-refractivity contribution in [1.29, 1.82) is 0 Å². The Labute approximate surface area is 110 Å². The molecule has 8 heteroatoms. The molecule has 0 aliphatic carbocycles. The highest BCUT2D eigenvalue weighted by Crippen LogP contribution is 2.28. The minimum absolute atomic E-state index is 0.142. The zero-order valence-electron chi connectivity index (χ0n) is 10.9. The molecule has 1 aliphatic rings. The van der Waals surface area contributed by atoms with Gasteiger partial charge in [-0.05, 0) is 0 Å². The molecule has 8 nitrogen and oxygen atoms in total. The number of ether oxygens (including phenoxy) is 1. The highest BCUT2D eigenvalue weighted by molar-refractivity contribution is 5.60. The lowest BCUT2D eigenvalue weighted by atomic mass is 10.2. The van der Waals surface area contributed by atoms with E-state index in [0.717, 1.165) is 0 Å². The van der Waals surface area contributed by atoms with Crippen LogP contribution in [-0.4, -0.2) is 52.7 Å². The molecule has 2 rings (SSSR count). The number of anilines is 2. The third-order valence-electron chi connectivity index (χ3n) is 3.14. The second kappa shape index (κ2) is 5.16. The SMILES string of the molecule is CN(C)c1cn([C@@H]2C[C@@H](O)[C@H](CO)O2)c(=O)nc1N. The van der Waals surface area contributed by atoms with Gasteiger partial charge in [-0.1, -0.05) is 0 Å². The van der Waals surface area contributed by atoms with Crippen molar-refractivity contribution in [3.63, 3.8) is 0 Å². The highest BCUT2D eigenvalue weighted by Gasteiger charge is 2.35. The fraction of sp³-hybridized carbons (Fsp3) is 0.636. The van der Waals surface area contributed by atoms with Crippen LogP contribution in [-0.2, 0) is 4.74 Å². The quantitative estimate of drug-likeness (QED) is 0.614. The van der Waals surface area contributed by atoms with Crippen LogP contribution in [0.3, 0.4) is 0 Å². The summed E-state index contributed by atoms with van der Waals surface area (Å²) in [4.78, 5) is 17.3. The smallest absolute Gasteiger partial charge is 0.351 e. The number of hydrogen-bond acceptors (Lipinski definition) is 7. The van der Waals surface area contributed by atoms with Gasteiger partial charge < -0.3 is 25.6 Å². The van der Waals surface area contributed by atoms with Crippen molar-refractivity contribution >= 4 is 11.5 Å². The van der Waals surface area contributed by atoms with E-state index in [9.17, 15) is 9.90 Å². The zero-order valence-corrected chi connectivity index (χ0v) is 10.9. The van der Waals surface area contributed by atoms with Crippen LogP contribution in [0.1, 0.15) is 12.6 Å². The van der Waals surface area contributed by atoms with Crippen LogP contribution in [0.2, 0.25) is 0 Å². The first kappa shape index (κ1) is 13.8. The lowest BCUT2D eigenvalue weighted by Crippen LogP contribution is -2.30. The molecular weight excluding hydrogens is 252 g/mol. The van der Waals surface area contributed by atoms with E-state index in [4.69, 9.17) is 15.6 Å². The number of nitrogen functional groups attached to an aromatic ring is 1. The average Bonchev–Trinajstić information content (AvgIpc) is 2.69. The van der Waals surface area contributed by atoms with E-state index in [1.54, 1.807) is 25.2 Å². The van der Waals surface area contributed by atoms with Crippen molar-refractivity contribution in [3.05, 3.63) is 16.7 Å². The Hall–Kier alpha value is -1.64. The summed E-state index contributed by atoms with van der Waals surface area (Å²) in [5.41, 5.74) is 5.72. The van der Waals surface area contributed by atoms with Gasteiger partial charge in [0, 0.05) is 26.7 Å². The summed E-state index contributed by atoms with van der Waals surface area (Å²) in [5, 5.41) is 18.7. The topological polar surface area (TPSA) is 114 Å². The summed E-state index contributed by atoms with van der Waals surface area (Å²) < 4.78 is 6.71. The number of nitrogens with two attached hydrogens (primary N) is 1. The zero-order chi connectivity index (χ0) is 14.2. The van der Waals surface area contributed by atoms with E-state index in [2.05, 4.69) is 4.98 Å². The summed E-state index contributed by atoms with van der Waals surface area (Å²) >= 11 is 0. The second-order valence-electron chi connectivity index (χ2n) is 4.71. The van der Waals surface area contributed by atoms with Crippen molar-refractivity contribution in [2.45, 2.75) is 24.9 Å². The molecule has 1 aliphatic heterocycles. The van der Waals surface area contributed by atoms with Gasteiger partial charge in [-0.3, -0.25) is 4.57 Å². The van der Waals surface area contributed by atoms with Crippen LogP contribution in [0.5, 0.6) is 0 Å². The van der Waals surface area contributed by atoms with E-state index in [1.807, 2.05) is 0 Å². The Kier molecular flexibility index (Phi) is 3.74. The van der Waals surface area contributed by atoms with Gasteiger partial charge in [-0.15, -0.1) is 0 Å². The van der Waals surface area contributed by atoms with E-state index >= 15 is 0 Å². The van der Waals surface area contributed by atoms with Crippen molar-refractivity contribution in [3.8, 4) is 0 Å². The molecule has 0 radical (unpaired) electrons. The van der Waals surface area contributed by atoms with Crippen LogP contribution in [0.15, 0.2) is 11.0 Å². The molecule has 106 valence electrons. The summed E-state index contributed by atoms with van der Waals surface area (Å²) in [6, 6.07) is 0. The van der Waals surface area contributed by atoms with Gasteiger partial charge in [0.25, 0.3) is 0 Å². The Morgan fingerprint density at radius 1 is 1.63 bits per heavy atom. The predicted octanol–water partition coefficient (Wildman–Crippen LogP) is -1.47. The van der Waals surface area contributed by atoms with Crippen LogP contribution in [0.4, 0.5) is 11.5 Å². The van der Waals surface area contributed by atoms with Crippen LogP contribution < -0.4 is 16.3 Å². The van der Waals surface area contributed by atoms with Crippen LogP contribution >= 0.6 is 0 Å². The summed E-state index contributed by atoms with van der Waals surface area (Å²) in [5.74, 6) is 0.142. The molecule has 0 bridgehead atoms. The third-order valence-corrected chi connectivity index (χ3v) is 3.14. The van der Waals surface area contributed by atoms with Gasteiger partial charge in [0.15, 0.2) is 5.82 Å². The molecule has 0 spiro atoms. The van der Waals surface area contributed by atoms with Gasteiger partial charge in [0.2, 0.25) is 0 Å². The first-order chi connectivity index (χ1) is 8.93. The van der Waals surface area contributed by atoms with E-state index in [-0.39, 0.29) is 18.8 Å². The Balaban J connectivity index is 2.36. The molecular formula is C11H18N4O4. The van der Waals surface area contributed by atoms with E-state index in [1.165, 1.54) is 4.57 Å². The molecule has 1 aromatic heterocycles. The highest BCUT2D eigenvalue weighted by atomic mass is 16.5. The first-order valence-electron chi connectivity index (χ1n) is 5.94. The number of nitrogens with zero attached hydrogens (tertiary/aromatic N) is 3. The molecule has 19 heavy (non-hydrogen) atoms. The van der Waals surface area contributed by atoms with Gasteiger partial charge >= 0.3 is 5.69 Å². The van der Waals surface area contributed by atoms with Gasteiger partial charge in [-0.2, -0.15) is 4.98 Å². The summed E-state index contributed by atoms with van der Waals surface area (Å²) in [7, 11) is 3.56. The molecule has 2 heterocycles. The fourth-order valence-electron chi connectivity index (χ4n) is 2.07. The van der Waals surface area contributed by atoms with E-state index in [0.29, 0.717) is 5.69 Å². The number of hydrogen-bond donors (Lipinski definition) is 3. The summed E-state index contributed by atoms with van der Waals surface area (Å²) in [6.45, 7) is -0.296. The van der Waals surface area contributed by atoms with Gasteiger partial charge in [0.1, 0.15) is 12.3 Å². The Bertz CT molecular complexity index is 516. The average molecular weight is 270 g/mol. The summed E-state index contributed by atoms with van der Waals surface area (Å²) in [6.07, 6.45) is -0.364. The Morgan fingerprint density at radius 2 is 2.32 bits per heavy atom. The molecule has 1 saturated heterocycles. The standard InChI is InChI=1S/C11H18N4O4/c1-14(2)6-4-15(11(18)13-10(6)12)9-3-7(17)8(5-16)19-9/h4,7-9,16-17H,3,5H2,1-2H3,(H2,12,13,18)/t7-,8+,9+/m1/s1. The van der Waals surface area contributed by atoms with Crippen molar-refractivity contribution in [2.75, 3.05) is 31.3 Å². The fourth-order valence-corrected chi connectivity index (χ4v) is 2.07. The number of aliphatic hydroxyl groups excluding tert-OH is 2. The van der Waals surface area contributed by atoms with Crippen molar-refractivity contribution in [2.24, 2.45) is 0 Å². The molecule has 0 aromatic carbocycles. The molecule has 3 atom stereocenters. The maximum atomic E-state index is 11.8. The molecule has 4 N–H and O–H groups in total. The van der Waals surface area contributed by atoms with Gasteiger partial charge in [0.05, 0.1) is 18.4 Å². The molecule has 0 unspecified atom stereocenters. The largest absolute Gasteiger partial charge is 0.394 e. The second-order valence-corrected chi connectivity index (χ2v) is 4.71. The van der Waals surface area contributed by atoms with Crippen molar-refractivity contribution in [1.82, 2.24) is 9.55 Å².